The number of aliphatic hydroxyl groups excluding tert-OH is 1. The van der Waals surface area contributed by atoms with Gasteiger partial charge in [-0.05, 0) is 36.4 Å². The van der Waals surface area contributed by atoms with Crippen LogP contribution in [0.2, 0.25) is 10.0 Å². The quantitative estimate of drug-likeness (QED) is 0.703. The molecule has 1 N–H and O–H groups in total. The van der Waals surface area contributed by atoms with Gasteiger partial charge in [0.15, 0.2) is 0 Å². The molecule has 5 nitrogen and oxygen atoms in total. The van der Waals surface area contributed by atoms with E-state index < -0.39 is 6.10 Å². The van der Waals surface area contributed by atoms with Crippen molar-refractivity contribution >= 4 is 67.9 Å². The Morgan fingerprint density at radius 1 is 1.00 bits per heavy atom. The standard InChI is InChI=1S/C18H14Cl2N2O3S/c19-10-1-3-15-13(5-10)14-6-11(20)2-4-16(14)21(15)7-12(23)8-22-17(24)9-26-18(22)25/h1-6,12,23H,7-9H2. The van der Waals surface area contributed by atoms with E-state index in [0.717, 1.165) is 38.5 Å². The predicted octanol–water partition coefficient (Wildman–Crippen LogP) is 4.16. The number of thioether (sulfide) groups is 1. The molecule has 1 atom stereocenters. The van der Waals surface area contributed by atoms with Crippen LogP contribution in [-0.4, -0.2) is 44.1 Å². The van der Waals surface area contributed by atoms with E-state index in [0.29, 0.717) is 10.0 Å². The van der Waals surface area contributed by atoms with Gasteiger partial charge in [-0.25, -0.2) is 0 Å². The first kappa shape index (κ1) is 17.7. The molecule has 0 bridgehead atoms. The minimum Gasteiger partial charge on any atom is -0.389 e. The molecular weight excluding hydrogens is 395 g/mol. The van der Waals surface area contributed by atoms with Gasteiger partial charge in [0.25, 0.3) is 5.24 Å². The summed E-state index contributed by atoms with van der Waals surface area (Å²) in [6.45, 7) is 0.220. The monoisotopic (exact) mass is 408 g/mol. The van der Waals surface area contributed by atoms with Gasteiger partial charge in [0, 0.05) is 31.9 Å². The molecule has 1 aromatic heterocycles. The average molecular weight is 409 g/mol. The summed E-state index contributed by atoms with van der Waals surface area (Å²) in [7, 11) is 0. The van der Waals surface area contributed by atoms with E-state index in [1.807, 2.05) is 28.8 Å². The first-order valence-electron chi connectivity index (χ1n) is 7.96. The van der Waals surface area contributed by atoms with Crippen LogP contribution in [0.5, 0.6) is 0 Å². The zero-order valence-electron chi connectivity index (χ0n) is 13.5. The van der Waals surface area contributed by atoms with Crippen LogP contribution >= 0.6 is 35.0 Å². The molecule has 3 aromatic rings. The van der Waals surface area contributed by atoms with Crippen molar-refractivity contribution in [1.82, 2.24) is 9.47 Å². The molecule has 0 spiro atoms. The fourth-order valence-corrected chi connectivity index (χ4v) is 4.36. The van der Waals surface area contributed by atoms with E-state index in [2.05, 4.69) is 0 Å². The second-order valence-electron chi connectivity index (χ2n) is 6.15. The van der Waals surface area contributed by atoms with E-state index in [1.54, 1.807) is 12.1 Å². The van der Waals surface area contributed by atoms with Gasteiger partial charge in [-0.2, -0.15) is 0 Å². The Hall–Kier alpha value is -1.73. The van der Waals surface area contributed by atoms with Gasteiger partial charge in [0.1, 0.15) is 0 Å². The molecule has 2 heterocycles. The SMILES string of the molecule is O=C1CSC(=O)N1CC(O)Cn1c2ccc(Cl)cc2c2cc(Cl)ccc21. The molecule has 1 saturated heterocycles. The Labute approximate surface area is 163 Å². The van der Waals surface area contributed by atoms with E-state index >= 15 is 0 Å². The van der Waals surface area contributed by atoms with Crippen molar-refractivity contribution in [2.24, 2.45) is 0 Å². The van der Waals surface area contributed by atoms with Gasteiger partial charge in [0.2, 0.25) is 5.91 Å². The summed E-state index contributed by atoms with van der Waals surface area (Å²) in [5, 5.41) is 13.3. The number of aromatic nitrogens is 1. The van der Waals surface area contributed by atoms with Gasteiger partial charge < -0.3 is 9.67 Å². The lowest BCUT2D eigenvalue weighted by atomic mass is 10.1. The van der Waals surface area contributed by atoms with Gasteiger partial charge in [-0.15, -0.1) is 0 Å². The summed E-state index contributed by atoms with van der Waals surface area (Å²) >= 11 is 13.2. The highest BCUT2D eigenvalue weighted by Gasteiger charge is 2.31. The minimum atomic E-state index is -0.883. The molecule has 1 aliphatic heterocycles. The molecule has 8 heteroatoms. The number of benzene rings is 2. The number of halogens is 2. The minimum absolute atomic E-state index is 0.0208. The average Bonchev–Trinajstić information content (AvgIpc) is 3.07. The second kappa shape index (κ2) is 6.78. The Morgan fingerprint density at radius 3 is 2.08 bits per heavy atom. The third-order valence-corrected chi connectivity index (χ3v) is 5.74. The molecule has 2 aromatic carbocycles. The van der Waals surface area contributed by atoms with Crippen molar-refractivity contribution in [3.8, 4) is 0 Å². The predicted molar refractivity (Wildman–Crippen MR) is 105 cm³/mol. The van der Waals surface area contributed by atoms with Crippen LogP contribution in [0, 0.1) is 0 Å². The van der Waals surface area contributed by atoms with Gasteiger partial charge in [-0.1, -0.05) is 35.0 Å². The number of carbonyl (C=O) groups is 2. The Morgan fingerprint density at radius 2 is 1.58 bits per heavy atom. The summed E-state index contributed by atoms with van der Waals surface area (Å²) < 4.78 is 1.96. The number of aliphatic hydroxyl groups is 1. The molecule has 2 amide bonds. The highest BCUT2D eigenvalue weighted by Crippen LogP contribution is 2.33. The van der Waals surface area contributed by atoms with E-state index in [-0.39, 0.29) is 30.0 Å². The Balaban J connectivity index is 1.73. The van der Waals surface area contributed by atoms with Crippen LogP contribution in [-0.2, 0) is 11.3 Å². The zero-order chi connectivity index (χ0) is 18.4. The van der Waals surface area contributed by atoms with Crippen molar-refractivity contribution in [3.05, 3.63) is 46.4 Å². The third kappa shape index (κ3) is 3.07. The Kier molecular flexibility index (Phi) is 4.61. The molecule has 0 saturated carbocycles. The maximum absolute atomic E-state index is 11.8. The number of nitrogens with zero attached hydrogens (tertiary/aromatic N) is 2. The summed E-state index contributed by atoms with van der Waals surface area (Å²) in [6, 6.07) is 11.1. The van der Waals surface area contributed by atoms with E-state index in [4.69, 9.17) is 23.2 Å². The summed E-state index contributed by atoms with van der Waals surface area (Å²) in [5.74, 6) is -0.127. The van der Waals surface area contributed by atoms with Crippen molar-refractivity contribution in [3.63, 3.8) is 0 Å². The third-order valence-electron chi connectivity index (χ3n) is 4.42. The maximum Gasteiger partial charge on any atom is 0.288 e. The van der Waals surface area contributed by atoms with Crippen molar-refractivity contribution < 1.29 is 14.7 Å². The first-order chi connectivity index (χ1) is 12.4. The number of hydrogen-bond donors (Lipinski definition) is 1. The molecule has 1 unspecified atom stereocenters. The van der Waals surface area contributed by atoms with Crippen LogP contribution in [0.1, 0.15) is 0 Å². The molecule has 26 heavy (non-hydrogen) atoms. The lowest BCUT2D eigenvalue weighted by Gasteiger charge is -2.19. The number of carbonyl (C=O) groups excluding carboxylic acids is 2. The molecule has 0 radical (unpaired) electrons. The summed E-state index contributed by atoms with van der Waals surface area (Å²) in [6.07, 6.45) is -0.883. The number of amides is 2. The van der Waals surface area contributed by atoms with Crippen molar-refractivity contribution in [1.29, 1.82) is 0 Å². The molecule has 4 rings (SSSR count). The van der Waals surface area contributed by atoms with Gasteiger partial charge in [0.05, 0.1) is 24.9 Å². The summed E-state index contributed by atoms with van der Waals surface area (Å²) in [5.41, 5.74) is 1.80. The molecule has 1 fully saturated rings. The van der Waals surface area contributed by atoms with Crippen LogP contribution < -0.4 is 0 Å². The maximum atomic E-state index is 11.8. The number of imide groups is 1. The lowest BCUT2D eigenvalue weighted by Crippen LogP contribution is -2.37. The number of hydrogen-bond acceptors (Lipinski definition) is 4. The van der Waals surface area contributed by atoms with Crippen LogP contribution in [0.4, 0.5) is 4.79 Å². The van der Waals surface area contributed by atoms with Gasteiger partial charge >= 0.3 is 0 Å². The fourth-order valence-electron chi connectivity index (χ4n) is 3.28. The highest BCUT2D eigenvalue weighted by atomic mass is 35.5. The smallest absolute Gasteiger partial charge is 0.288 e. The van der Waals surface area contributed by atoms with Gasteiger partial charge in [-0.3, -0.25) is 14.5 Å². The molecule has 1 aliphatic rings. The largest absolute Gasteiger partial charge is 0.389 e. The number of rotatable bonds is 4. The highest BCUT2D eigenvalue weighted by molar-refractivity contribution is 8.14. The topological polar surface area (TPSA) is 62.5 Å². The van der Waals surface area contributed by atoms with Crippen LogP contribution in [0.25, 0.3) is 21.8 Å². The lowest BCUT2D eigenvalue weighted by molar-refractivity contribution is -0.125. The van der Waals surface area contributed by atoms with Crippen LogP contribution in [0.15, 0.2) is 36.4 Å². The van der Waals surface area contributed by atoms with Crippen molar-refractivity contribution in [2.45, 2.75) is 12.6 Å². The fraction of sp³-hybridized carbons (Fsp3) is 0.222. The van der Waals surface area contributed by atoms with E-state index in [1.165, 1.54) is 0 Å². The van der Waals surface area contributed by atoms with Crippen LogP contribution in [0.3, 0.4) is 0 Å². The first-order valence-corrected chi connectivity index (χ1v) is 9.70. The zero-order valence-corrected chi connectivity index (χ0v) is 15.8. The normalized spacial score (nSPS) is 16.2. The Bertz CT molecular complexity index is 975. The van der Waals surface area contributed by atoms with E-state index in [9.17, 15) is 14.7 Å². The molecular formula is C18H14Cl2N2O3S. The molecule has 134 valence electrons. The molecule has 0 aliphatic carbocycles. The van der Waals surface area contributed by atoms with Crippen molar-refractivity contribution in [2.75, 3.05) is 12.3 Å². The number of fused-ring (bicyclic) bond motifs is 3. The summed E-state index contributed by atoms with van der Waals surface area (Å²) in [4.78, 5) is 24.6. The second-order valence-corrected chi connectivity index (χ2v) is 7.95. The number of β-amino-alcohol motifs (C(OH)–C–C–N with tert-alkyl or cyclic N) is 1.